The van der Waals surface area contributed by atoms with E-state index in [2.05, 4.69) is 12.1 Å². The van der Waals surface area contributed by atoms with Gasteiger partial charge in [0.25, 0.3) is 5.91 Å². The van der Waals surface area contributed by atoms with Gasteiger partial charge in [0.05, 0.1) is 6.61 Å². The molecule has 4 heteroatoms. The van der Waals surface area contributed by atoms with Crippen molar-refractivity contribution in [2.24, 2.45) is 5.73 Å². The third-order valence-electron chi connectivity index (χ3n) is 1.81. The third-order valence-corrected chi connectivity index (χ3v) is 1.81. The lowest BCUT2D eigenvalue weighted by Crippen LogP contribution is -2.26. The molecule has 0 saturated heterocycles. The number of hydroxylamine groups is 1. The second-order valence-electron chi connectivity index (χ2n) is 2.96. The number of carbonyl (C=O) groups is 1. The predicted octanol–water partition coefficient (Wildman–Crippen LogP) is 0.268. The average Bonchev–Trinajstić information content (AvgIpc) is 2.52. The van der Waals surface area contributed by atoms with Gasteiger partial charge in [-0.15, -0.1) is 6.58 Å². The minimum Gasteiger partial charge on any atom is -0.327 e. The molecule has 0 aromatic rings. The summed E-state index contributed by atoms with van der Waals surface area (Å²) >= 11 is 0. The van der Waals surface area contributed by atoms with Crippen LogP contribution in [-0.2, 0) is 9.63 Å². The molecule has 1 atom stereocenters. The van der Waals surface area contributed by atoms with Crippen LogP contribution in [-0.4, -0.2) is 18.6 Å². The van der Waals surface area contributed by atoms with Gasteiger partial charge in [0.2, 0.25) is 0 Å². The topological polar surface area (TPSA) is 64.3 Å². The normalized spacial score (nSPS) is 21.0. The van der Waals surface area contributed by atoms with Gasteiger partial charge in [-0.3, -0.25) is 9.63 Å². The highest BCUT2D eigenvalue weighted by Gasteiger charge is 2.18. The first-order chi connectivity index (χ1) is 6.24. The van der Waals surface area contributed by atoms with Crippen LogP contribution in [0.2, 0.25) is 0 Å². The summed E-state index contributed by atoms with van der Waals surface area (Å²) in [6, 6.07) is 0.0835. The molecule has 0 unspecified atom stereocenters. The van der Waals surface area contributed by atoms with Gasteiger partial charge >= 0.3 is 0 Å². The molecule has 0 spiro atoms. The van der Waals surface area contributed by atoms with E-state index in [-0.39, 0.29) is 11.9 Å². The molecule has 0 aliphatic heterocycles. The molecule has 1 aliphatic rings. The van der Waals surface area contributed by atoms with Crippen molar-refractivity contribution in [3.05, 3.63) is 24.3 Å². The lowest BCUT2D eigenvalue weighted by Gasteiger charge is -2.04. The summed E-state index contributed by atoms with van der Waals surface area (Å²) in [7, 11) is 0. The zero-order valence-corrected chi connectivity index (χ0v) is 7.45. The smallest absolute Gasteiger partial charge is 0.270 e. The maximum Gasteiger partial charge on any atom is 0.270 e. The van der Waals surface area contributed by atoms with E-state index in [0.29, 0.717) is 18.6 Å². The first kappa shape index (κ1) is 9.95. The van der Waals surface area contributed by atoms with Gasteiger partial charge in [0.15, 0.2) is 0 Å². The van der Waals surface area contributed by atoms with Crippen LogP contribution in [0.1, 0.15) is 12.8 Å². The van der Waals surface area contributed by atoms with Crippen LogP contribution in [0.15, 0.2) is 24.3 Å². The maximum atomic E-state index is 11.3. The molecule has 0 radical (unpaired) electrons. The largest absolute Gasteiger partial charge is 0.327 e. The second kappa shape index (κ2) is 4.79. The van der Waals surface area contributed by atoms with Crippen molar-refractivity contribution in [1.29, 1.82) is 0 Å². The summed E-state index contributed by atoms with van der Waals surface area (Å²) in [5.74, 6) is -0.199. The summed E-state index contributed by atoms with van der Waals surface area (Å²) in [5, 5.41) is 0. The molecule has 1 amide bonds. The highest BCUT2D eigenvalue weighted by Crippen LogP contribution is 2.16. The number of nitrogens with one attached hydrogen (secondary N) is 1. The Kier molecular flexibility index (Phi) is 3.67. The molecule has 0 aromatic carbocycles. The molecule has 0 aromatic heterocycles. The fourth-order valence-electron chi connectivity index (χ4n) is 1.16. The first-order valence-corrected chi connectivity index (χ1v) is 4.21. The van der Waals surface area contributed by atoms with E-state index in [0.717, 1.165) is 6.42 Å². The Hall–Kier alpha value is -1.13. The number of hydrogen-bond acceptors (Lipinski definition) is 3. The fraction of sp³-hybridized carbons (Fsp3) is 0.444. The molecule has 0 heterocycles. The van der Waals surface area contributed by atoms with Crippen molar-refractivity contribution in [3.63, 3.8) is 0 Å². The number of amides is 1. The summed E-state index contributed by atoms with van der Waals surface area (Å²) in [6.45, 7) is 3.77. The van der Waals surface area contributed by atoms with Crippen molar-refractivity contribution >= 4 is 5.91 Å². The van der Waals surface area contributed by atoms with Crippen LogP contribution in [0, 0.1) is 0 Å². The Labute approximate surface area is 77.4 Å². The highest BCUT2D eigenvalue weighted by atomic mass is 16.6. The summed E-state index contributed by atoms with van der Waals surface area (Å²) in [6.07, 6.45) is 4.81. The van der Waals surface area contributed by atoms with Crippen molar-refractivity contribution in [2.45, 2.75) is 18.9 Å². The lowest BCUT2D eigenvalue weighted by atomic mass is 10.2. The molecule has 1 aliphatic carbocycles. The quantitative estimate of drug-likeness (QED) is 0.372. The SMILES string of the molecule is C=CCONC(=O)C1=CC[C@@H](N)C1. The lowest BCUT2D eigenvalue weighted by molar-refractivity contribution is -0.128. The molecule has 0 bridgehead atoms. The molecule has 4 nitrogen and oxygen atoms in total. The van der Waals surface area contributed by atoms with E-state index in [1.165, 1.54) is 0 Å². The maximum absolute atomic E-state index is 11.3. The Morgan fingerprint density at radius 3 is 3.23 bits per heavy atom. The molecule has 13 heavy (non-hydrogen) atoms. The van der Waals surface area contributed by atoms with E-state index < -0.39 is 0 Å². The fourth-order valence-corrected chi connectivity index (χ4v) is 1.16. The Balaban J connectivity index is 2.28. The van der Waals surface area contributed by atoms with Crippen molar-refractivity contribution < 1.29 is 9.63 Å². The summed E-state index contributed by atoms with van der Waals surface area (Å²) in [4.78, 5) is 16.1. The average molecular weight is 182 g/mol. The molecular formula is C9H14N2O2. The molecule has 3 N–H and O–H groups in total. The van der Waals surface area contributed by atoms with Gasteiger partial charge in [-0.2, -0.15) is 0 Å². The van der Waals surface area contributed by atoms with E-state index >= 15 is 0 Å². The predicted molar refractivity (Wildman–Crippen MR) is 49.6 cm³/mol. The van der Waals surface area contributed by atoms with Gasteiger partial charge < -0.3 is 5.73 Å². The van der Waals surface area contributed by atoms with E-state index in [1.807, 2.05) is 6.08 Å². The van der Waals surface area contributed by atoms with Gasteiger partial charge in [-0.25, -0.2) is 5.48 Å². The minimum atomic E-state index is -0.199. The number of rotatable bonds is 4. The van der Waals surface area contributed by atoms with Crippen molar-refractivity contribution in [2.75, 3.05) is 6.61 Å². The van der Waals surface area contributed by atoms with Crippen LogP contribution < -0.4 is 11.2 Å². The minimum absolute atomic E-state index is 0.0835. The zero-order valence-electron chi connectivity index (χ0n) is 7.45. The first-order valence-electron chi connectivity index (χ1n) is 4.21. The van der Waals surface area contributed by atoms with Gasteiger partial charge in [0, 0.05) is 11.6 Å². The van der Waals surface area contributed by atoms with Crippen LogP contribution in [0.25, 0.3) is 0 Å². The van der Waals surface area contributed by atoms with Gasteiger partial charge in [-0.1, -0.05) is 12.2 Å². The number of carbonyl (C=O) groups excluding carboxylic acids is 1. The molecule has 72 valence electrons. The monoisotopic (exact) mass is 182 g/mol. The standard InChI is InChI=1S/C9H14N2O2/c1-2-5-13-11-9(12)7-3-4-8(10)6-7/h2-3,8H,1,4-6,10H2,(H,11,12)/t8-/m1/s1. The second-order valence-corrected chi connectivity index (χ2v) is 2.96. The summed E-state index contributed by atoms with van der Waals surface area (Å²) < 4.78 is 0. The van der Waals surface area contributed by atoms with Crippen LogP contribution in [0.5, 0.6) is 0 Å². The third kappa shape index (κ3) is 3.01. The van der Waals surface area contributed by atoms with Crippen LogP contribution in [0.3, 0.4) is 0 Å². The highest BCUT2D eigenvalue weighted by molar-refractivity contribution is 5.93. The van der Waals surface area contributed by atoms with Crippen LogP contribution in [0.4, 0.5) is 0 Å². The molecule has 0 saturated carbocycles. The summed E-state index contributed by atoms with van der Waals surface area (Å²) in [5.41, 5.74) is 8.65. The Bertz CT molecular complexity index is 236. The zero-order chi connectivity index (χ0) is 9.68. The molecular weight excluding hydrogens is 168 g/mol. The number of hydrogen-bond donors (Lipinski definition) is 2. The number of nitrogens with two attached hydrogens (primary N) is 1. The van der Waals surface area contributed by atoms with Crippen molar-refractivity contribution in [1.82, 2.24) is 5.48 Å². The Morgan fingerprint density at radius 2 is 2.69 bits per heavy atom. The van der Waals surface area contributed by atoms with Crippen LogP contribution >= 0.6 is 0 Å². The van der Waals surface area contributed by atoms with Gasteiger partial charge in [-0.05, 0) is 12.8 Å². The molecule has 1 rings (SSSR count). The van der Waals surface area contributed by atoms with E-state index in [4.69, 9.17) is 10.6 Å². The molecule has 0 fully saturated rings. The Morgan fingerprint density at radius 1 is 1.92 bits per heavy atom. The van der Waals surface area contributed by atoms with E-state index in [9.17, 15) is 4.79 Å². The van der Waals surface area contributed by atoms with Gasteiger partial charge in [0.1, 0.15) is 0 Å². The van der Waals surface area contributed by atoms with Crippen molar-refractivity contribution in [3.8, 4) is 0 Å². The van der Waals surface area contributed by atoms with E-state index in [1.54, 1.807) is 6.08 Å².